The molecule has 0 aliphatic heterocycles. The normalized spacial score (nSPS) is 11.0. The van der Waals surface area contributed by atoms with Gasteiger partial charge in [0.25, 0.3) is 0 Å². The second-order valence-electron chi connectivity index (χ2n) is 5.98. The van der Waals surface area contributed by atoms with Gasteiger partial charge in [-0.05, 0) is 29.8 Å². The molecule has 0 atom stereocenters. The van der Waals surface area contributed by atoms with Crippen LogP contribution in [-0.4, -0.2) is 34.7 Å². The van der Waals surface area contributed by atoms with Gasteiger partial charge in [0.2, 0.25) is 0 Å². The first-order valence-corrected chi connectivity index (χ1v) is 9.26. The zero-order valence-electron chi connectivity index (χ0n) is 14.5. The average Bonchev–Trinajstić information content (AvgIpc) is 3.06. The molecule has 0 N–H and O–H groups in total. The highest BCUT2D eigenvalue weighted by atomic mass is 35.5. The number of aromatic nitrogens is 2. The highest BCUT2D eigenvalue weighted by Crippen LogP contribution is 2.30. The number of carbonyl (C=O) groups excluding carboxylic acids is 1. The smallest absolute Gasteiger partial charge is 0.199 e. The van der Waals surface area contributed by atoms with Crippen molar-refractivity contribution >= 4 is 28.7 Å². The second-order valence-corrected chi connectivity index (χ2v) is 7.41. The molecule has 4 nitrogen and oxygen atoms in total. The molecule has 0 radical (unpaired) electrons. The van der Waals surface area contributed by atoms with Crippen molar-refractivity contribution in [1.29, 1.82) is 0 Å². The Bertz CT molecular complexity index is 918. The Labute approximate surface area is 161 Å². The molecule has 0 fully saturated rings. The molecule has 26 heavy (non-hydrogen) atoms. The lowest BCUT2D eigenvalue weighted by molar-refractivity contribution is 0.104. The number of allylic oxidation sites excluding steroid dienone is 1. The highest BCUT2D eigenvalue weighted by molar-refractivity contribution is 7.17. The Morgan fingerprint density at radius 2 is 1.85 bits per heavy atom. The predicted octanol–water partition coefficient (Wildman–Crippen LogP) is 4.71. The van der Waals surface area contributed by atoms with Gasteiger partial charge in [0.05, 0.1) is 10.6 Å². The molecule has 0 aliphatic carbocycles. The summed E-state index contributed by atoms with van der Waals surface area (Å²) in [5.74, 6) is -0.0412. The lowest BCUT2D eigenvalue weighted by Crippen LogP contribution is -2.04. The Hall–Kier alpha value is -2.50. The highest BCUT2D eigenvalue weighted by Gasteiger charge is 2.17. The number of rotatable bonds is 6. The van der Waals surface area contributed by atoms with E-state index in [1.54, 1.807) is 24.7 Å². The zero-order valence-corrected chi connectivity index (χ0v) is 16.1. The summed E-state index contributed by atoms with van der Waals surface area (Å²) in [7, 11) is 3.76. The van der Waals surface area contributed by atoms with Gasteiger partial charge in [-0.15, -0.1) is 11.3 Å². The summed E-state index contributed by atoms with van der Waals surface area (Å²) in [4.78, 5) is 24.0. The largest absolute Gasteiger partial charge is 0.383 e. The molecule has 2 heterocycles. The molecule has 0 spiro atoms. The standard InChI is InChI=1S/C20H18ClN3OS/c1-24(2)12-9-18(25)19-17(13-14-3-5-16(21)6-4-14)23-20(26-19)15-7-10-22-11-8-15/h3-12H,13H2,1-2H3. The number of ketones is 1. The number of carbonyl (C=O) groups is 1. The zero-order chi connectivity index (χ0) is 18.5. The van der Waals surface area contributed by atoms with Crippen molar-refractivity contribution in [1.82, 2.24) is 14.9 Å². The maximum Gasteiger partial charge on any atom is 0.199 e. The Kier molecular flexibility index (Phi) is 5.81. The molecule has 6 heteroatoms. The van der Waals surface area contributed by atoms with Crippen LogP contribution in [0.4, 0.5) is 0 Å². The van der Waals surface area contributed by atoms with E-state index in [1.807, 2.05) is 55.4 Å². The molecular formula is C20H18ClN3OS. The third-order valence-corrected chi connectivity index (χ3v) is 5.07. The van der Waals surface area contributed by atoms with E-state index in [4.69, 9.17) is 16.6 Å². The molecule has 2 aromatic heterocycles. The van der Waals surface area contributed by atoms with Crippen molar-refractivity contribution in [3.05, 3.63) is 82.2 Å². The summed E-state index contributed by atoms with van der Waals surface area (Å²) in [6.07, 6.45) is 7.36. The van der Waals surface area contributed by atoms with Crippen molar-refractivity contribution in [2.24, 2.45) is 0 Å². The van der Waals surface area contributed by atoms with Crippen LogP contribution in [0.2, 0.25) is 5.02 Å². The van der Waals surface area contributed by atoms with E-state index in [9.17, 15) is 4.79 Å². The summed E-state index contributed by atoms with van der Waals surface area (Å²) in [6.45, 7) is 0. The first-order chi connectivity index (χ1) is 12.5. The summed E-state index contributed by atoms with van der Waals surface area (Å²) in [5, 5.41) is 1.51. The van der Waals surface area contributed by atoms with E-state index in [0.29, 0.717) is 16.3 Å². The number of benzene rings is 1. The lowest BCUT2D eigenvalue weighted by Gasteiger charge is -2.03. The SMILES string of the molecule is CN(C)C=CC(=O)c1sc(-c2ccncc2)nc1Cc1ccc(Cl)cc1. The number of thiazole rings is 1. The minimum Gasteiger partial charge on any atom is -0.383 e. The van der Waals surface area contributed by atoms with Crippen LogP contribution in [0.1, 0.15) is 20.9 Å². The summed E-state index contributed by atoms with van der Waals surface area (Å²) in [5.41, 5.74) is 2.79. The van der Waals surface area contributed by atoms with Gasteiger partial charge in [-0.1, -0.05) is 23.7 Å². The summed E-state index contributed by atoms with van der Waals surface area (Å²) in [6, 6.07) is 11.4. The number of halogens is 1. The van der Waals surface area contributed by atoms with Gasteiger partial charge in [0, 0.05) is 55.8 Å². The molecule has 132 valence electrons. The van der Waals surface area contributed by atoms with Gasteiger partial charge in [0.15, 0.2) is 5.78 Å². The van der Waals surface area contributed by atoms with Crippen molar-refractivity contribution in [2.75, 3.05) is 14.1 Å². The van der Waals surface area contributed by atoms with Crippen molar-refractivity contribution in [3.8, 4) is 10.6 Å². The van der Waals surface area contributed by atoms with Crippen LogP contribution in [-0.2, 0) is 6.42 Å². The summed E-state index contributed by atoms with van der Waals surface area (Å²) < 4.78 is 0. The van der Waals surface area contributed by atoms with Gasteiger partial charge >= 0.3 is 0 Å². The van der Waals surface area contributed by atoms with Gasteiger partial charge in [-0.2, -0.15) is 0 Å². The van der Waals surface area contributed by atoms with Crippen LogP contribution in [0.3, 0.4) is 0 Å². The fourth-order valence-corrected chi connectivity index (χ4v) is 3.50. The molecule has 0 saturated carbocycles. The van der Waals surface area contributed by atoms with Crippen molar-refractivity contribution in [2.45, 2.75) is 6.42 Å². The van der Waals surface area contributed by atoms with E-state index in [-0.39, 0.29) is 5.78 Å². The van der Waals surface area contributed by atoms with Crippen LogP contribution in [0, 0.1) is 0 Å². The van der Waals surface area contributed by atoms with E-state index >= 15 is 0 Å². The van der Waals surface area contributed by atoms with Gasteiger partial charge in [-0.25, -0.2) is 4.98 Å². The van der Waals surface area contributed by atoms with Crippen LogP contribution < -0.4 is 0 Å². The maximum absolute atomic E-state index is 12.7. The Morgan fingerprint density at radius 1 is 1.15 bits per heavy atom. The minimum absolute atomic E-state index is 0.0412. The summed E-state index contributed by atoms with van der Waals surface area (Å²) >= 11 is 7.37. The van der Waals surface area contributed by atoms with Crippen molar-refractivity contribution < 1.29 is 4.79 Å². The molecule has 1 aromatic carbocycles. The maximum atomic E-state index is 12.7. The van der Waals surface area contributed by atoms with E-state index in [1.165, 1.54) is 11.3 Å². The topological polar surface area (TPSA) is 46.1 Å². The molecule has 0 bridgehead atoms. The van der Waals surface area contributed by atoms with Gasteiger partial charge in [0.1, 0.15) is 5.01 Å². The molecule has 0 aliphatic rings. The molecule has 0 unspecified atom stereocenters. The fraction of sp³-hybridized carbons (Fsp3) is 0.150. The minimum atomic E-state index is -0.0412. The quantitative estimate of drug-likeness (QED) is 0.457. The van der Waals surface area contributed by atoms with E-state index < -0.39 is 0 Å². The third kappa shape index (κ3) is 4.56. The Balaban J connectivity index is 1.98. The fourth-order valence-electron chi connectivity index (χ4n) is 2.37. The lowest BCUT2D eigenvalue weighted by atomic mass is 10.1. The third-order valence-electron chi connectivity index (χ3n) is 3.66. The second kappa shape index (κ2) is 8.25. The molecular weight excluding hydrogens is 366 g/mol. The van der Waals surface area contributed by atoms with Gasteiger partial charge in [-0.3, -0.25) is 9.78 Å². The molecule has 3 aromatic rings. The van der Waals surface area contributed by atoms with Crippen LogP contribution in [0.5, 0.6) is 0 Å². The van der Waals surface area contributed by atoms with Crippen LogP contribution in [0.15, 0.2) is 61.1 Å². The van der Waals surface area contributed by atoms with Crippen LogP contribution in [0.25, 0.3) is 10.6 Å². The Morgan fingerprint density at radius 3 is 2.50 bits per heavy atom. The number of pyridine rings is 1. The predicted molar refractivity (Wildman–Crippen MR) is 107 cm³/mol. The molecule has 0 amide bonds. The molecule has 3 rings (SSSR count). The first-order valence-electron chi connectivity index (χ1n) is 8.06. The number of hydrogen-bond donors (Lipinski definition) is 0. The van der Waals surface area contributed by atoms with Gasteiger partial charge < -0.3 is 4.90 Å². The monoisotopic (exact) mass is 383 g/mol. The van der Waals surface area contributed by atoms with E-state index in [2.05, 4.69) is 4.98 Å². The molecule has 0 saturated heterocycles. The first kappa shape index (κ1) is 18.3. The number of nitrogens with zero attached hydrogens (tertiary/aromatic N) is 3. The van der Waals surface area contributed by atoms with E-state index in [0.717, 1.165) is 21.8 Å². The van der Waals surface area contributed by atoms with Crippen LogP contribution >= 0.6 is 22.9 Å². The van der Waals surface area contributed by atoms with Crippen molar-refractivity contribution in [3.63, 3.8) is 0 Å². The average molecular weight is 384 g/mol. The number of hydrogen-bond acceptors (Lipinski definition) is 5.